The number of hydrogen-bond acceptors (Lipinski definition) is 3. The van der Waals surface area contributed by atoms with Gasteiger partial charge in [0.15, 0.2) is 0 Å². The Balaban J connectivity index is 2.41. The van der Waals surface area contributed by atoms with E-state index >= 15 is 0 Å². The zero-order valence-corrected chi connectivity index (χ0v) is 13.1. The molecule has 0 bridgehead atoms. The van der Waals surface area contributed by atoms with Gasteiger partial charge in [0.25, 0.3) is 0 Å². The van der Waals surface area contributed by atoms with Crippen LogP contribution in [0.1, 0.15) is 11.1 Å². The van der Waals surface area contributed by atoms with E-state index in [4.69, 9.17) is 5.73 Å². The first-order valence-electron chi connectivity index (χ1n) is 6.21. The van der Waals surface area contributed by atoms with E-state index in [9.17, 15) is 4.21 Å². The average molecular weight is 303 g/mol. The molecule has 1 unspecified atom stereocenters. The van der Waals surface area contributed by atoms with E-state index in [0.717, 1.165) is 16.0 Å². The number of aryl methyl sites for hydroxylation is 1. The van der Waals surface area contributed by atoms with Gasteiger partial charge in [0.1, 0.15) is 0 Å². The Labute approximate surface area is 126 Å². The van der Waals surface area contributed by atoms with Gasteiger partial charge in [-0.25, -0.2) is 4.21 Å². The van der Waals surface area contributed by atoms with Crippen LogP contribution in [-0.4, -0.2) is 10.5 Å². The molecule has 2 nitrogen and oxygen atoms in total. The van der Waals surface area contributed by atoms with Crippen molar-refractivity contribution in [2.45, 2.75) is 11.8 Å². The molecule has 2 aromatic carbocycles. The van der Waals surface area contributed by atoms with Crippen molar-refractivity contribution >= 4 is 28.3 Å². The van der Waals surface area contributed by atoms with E-state index in [1.807, 2.05) is 67.8 Å². The maximum atomic E-state index is 12.7. The first kappa shape index (κ1) is 14.9. The predicted octanol–water partition coefficient (Wildman–Crippen LogP) is 3.75. The Morgan fingerprint density at radius 3 is 2.20 bits per heavy atom. The summed E-state index contributed by atoms with van der Waals surface area (Å²) >= 11 is 1.43. The number of rotatable bonds is 4. The molecule has 0 amide bonds. The van der Waals surface area contributed by atoms with Gasteiger partial charge in [0.05, 0.1) is 20.7 Å². The highest BCUT2D eigenvalue weighted by molar-refractivity contribution is 8.16. The first-order valence-corrected chi connectivity index (χ1v) is 8.58. The largest absolute Gasteiger partial charge is 0.397 e. The zero-order chi connectivity index (χ0) is 14.5. The highest BCUT2D eigenvalue weighted by Gasteiger charge is 2.14. The molecule has 0 aromatic heterocycles. The van der Waals surface area contributed by atoms with Crippen LogP contribution >= 0.6 is 11.8 Å². The van der Waals surface area contributed by atoms with Crippen LogP contribution in [0.15, 0.2) is 63.7 Å². The molecule has 1 atom stereocenters. The number of nitrogens with two attached hydrogens (primary N) is 1. The van der Waals surface area contributed by atoms with Crippen molar-refractivity contribution in [1.29, 1.82) is 0 Å². The molecular formula is C16H17NOS2. The lowest BCUT2D eigenvalue weighted by Gasteiger charge is -2.10. The van der Waals surface area contributed by atoms with Crippen molar-refractivity contribution in [3.63, 3.8) is 0 Å². The van der Waals surface area contributed by atoms with Gasteiger partial charge in [-0.2, -0.15) is 0 Å². The summed E-state index contributed by atoms with van der Waals surface area (Å²) in [6.45, 7) is 2.01. The van der Waals surface area contributed by atoms with Crippen molar-refractivity contribution in [2.24, 2.45) is 5.73 Å². The van der Waals surface area contributed by atoms with Gasteiger partial charge in [-0.15, -0.1) is 11.8 Å². The van der Waals surface area contributed by atoms with Crippen LogP contribution in [0.5, 0.6) is 0 Å². The van der Waals surface area contributed by atoms with Crippen LogP contribution in [-0.2, 0) is 10.8 Å². The van der Waals surface area contributed by atoms with Crippen molar-refractivity contribution in [3.8, 4) is 0 Å². The van der Waals surface area contributed by atoms with Crippen LogP contribution in [0.2, 0.25) is 0 Å². The van der Waals surface area contributed by atoms with Crippen LogP contribution in [0, 0.1) is 6.92 Å². The van der Waals surface area contributed by atoms with Gasteiger partial charge in [-0.05, 0) is 30.9 Å². The molecule has 0 saturated carbocycles. The van der Waals surface area contributed by atoms with E-state index in [2.05, 4.69) is 0 Å². The third-order valence-electron chi connectivity index (χ3n) is 2.89. The van der Waals surface area contributed by atoms with E-state index in [0.29, 0.717) is 9.93 Å². The summed E-state index contributed by atoms with van der Waals surface area (Å²) in [7, 11) is -1.24. The molecule has 2 rings (SSSR count). The molecule has 4 heteroatoms. The molecule has 0 aliphatic rings. The maximum absolute atomic E-state index is 12.7. The standard InChI is InChI=1S/C16H17NOS2/c1-12-8-10-14(11-9-12)20(18)16(19-2)15(17)13-6-4-3-5-7-13/h3-11H,17H2,1-2H3/b16-15+. The van der Waals surface area contributed by atoms with Gasteiger partial charge in [0, 0.05) is 4.90 Å². The quantitative estimate of drug-likeness (QED) is 0.935. The van der Waals surface area contributed by atoms with Gasteiger partial charge >= 0.3 is 0 Å². The maximum Gasteiger partial charge on any atom is 0.0998 e. The molecule has 0 aliphatic heterocycles. The second kappa shape index (κ2) is 6.77. The fourth-order valence-electron chi connectivity index (χ4n) is 1.79. The van der Waals surface area contributed by atoms with Crippen LogP contribution in [0.25, 0.3) is 5.70 Å². The molecule has 0 spiro atoms. The smallest absolute Gasteiger partial charge is 0.0998 e. The minimum Gasteiger partial charge on any atom is -0.397 e. The van der Waals surface area contributed by atoms with Gasteiger partial charge in [-0.1, -0.05) is 48.0 Å². The Kier molecular flexibility index (Phi) is 5.04. The fraction of sp³-hybridized carbons (Fsp3) is 0.125. The molecular weight excluding hydrogens is 286 g/mol. The minimum atomic E-state index is -1.24. The normalized spacial score (nSPS) is 13.7. The molecule has 2 aromatic rings. The summed E-state index contributed by atoms with van der Waals surface area (Å²) < 4.78 is 13.3. The SMILES string of the molecule is CS/C(=C(\N)c1ccccc1)S(=O)c1ccc(C)cc1. The highest BCUT2D eigenvalue weighted by atomic mass is 32.2. The van der Waals surface area contributed by atoms with Crippen molar-refractivity contribution in [2.75, 3.05) is 6.26 Å². The summed E-state index contributed by atoms with van der Waals surface area (Å²) in [4.78, 5) is 0.777. The molecule has 104 valence electrons. The van der Waals surface area contributed by atoms with Crippen LogP contribution < -0.4 is 5.73 Å². The van der Waals surface area contributed by atoms with E-state index < -0.39 is 10.8 Å². The molecule has 0 saturated heterocycles. The summed E-state index contributed by atoms with van der Waals surface area (Å²) in [5.41, 5.74) is 8.81. The highest BCUT2D eigenvalue weighted by Crippen LogP contribution is 2.28. The molecule has 0 radical (unpaired) electrons. The van der Waals surface area contributed by atoms with Gasteiger partial charge in [-0.3, -0.25) is 0 Å². The Hall–Kier alpha value is -1.52. The molecule has 0 aliphatic carbocycles. The predicted molar refractivity (Wildman–Crippen MR) is 88.7 cm³/mol. The first-order chi connectivity index (χ1) is 9.63. The van der Waals surface area contributed by atoms with Crippen molar-refractivity contribution < 1.29 is 4.21 Å². The topological polar surface area (TPSA) is 43.1 Å². The number of thioether (sulfide) groups is 1. The lowest BCUT2D eigenvalue weighted by atomic mass is 10.2. The summed E-state index contributed by atoms with van der Waals surface area (Å²) in [5, 5.41) is 0. The van der Waals surface area contributed by atoms with E-state index in [-0.39, 0.29) is 0 Å². The minimum absolute atomic E-state index is 0.581. The lowest BCUT2D eigenvalue weighted by molar-refractivity contribution is 0.688. The average Bonchev–Trinajstić information content (AvgIpc) is 2.49. The Morgan fingerprint density at radius 1 is 1.05 bits per heavy atom. The van der Waals surface area contributed by atoms with Gasteiger partial charge in [0.2, 0.25) is 0 Å². The third kappa shape index (κ3) is 3.32. The lowest BCUT2D eigenvalue weighted by Crippen LogP contribution is -2.04. The monoisotopic (exact) mass is 303 g/mol. The Morgan fingerprint density at radius 2 is 1.65 bits per heavy atom. The van der Waals surface area contributed by atoms with Crippen LogP contribution in [0.4, 0.5) is 0 Å². The van der Waals surface area contributed by atoms with E-state index in [1.165, 1.54) is 11.8 Å². The molecule has 0 heterocycles. The van der Waals surface area contributed by atoms with Crippen molar-refractivity contribution in [3.05, 3.63) is 70.0 Å². The fourth-order valence-corrected chi connectivity index (χ4v) is 3.94. The number of hydrogen-bond donors (Lipinski definition) is 1. The molecule has 0 fully saturated rings. The van der Waals surface area contributed by atoms with Gasteiger partial charge < -0.3 is 5.73 Å². The number of benzene rings is 2. The summed E-state index contributed by atoms with van der Waals surface area (Å²) in [5.74, 6) is 0. The second-order valence-corrected chi connectivity index (χ2v) is 6.85. The molecule has 20 heavy (non-hydrogen) atoms. The molecule has 2 N–H and O–H groups in total. The summed E-state index contributed by atoms with van der Waals surface area (Å²) in [6, 6.07) is 17.3. The van der Waals surface area contributed by atoms with E-state index in [1.54, 1.807) is 0 Å². The Bertz CT molecular complexity index is 633. The van der Waals surface area contributed by atoms with Crippen molar-refractivity contribution in [1.82, 2.24) is 0 Å². The zero-order valence-electron chi connectivity index (χ0n) is 11.5. The van der Waals surface area contributed by atoms with Crippen LogP contribution in [0.3, 0.4) is 0 Å². The third-order valence-corrected chi connectivity index (χ3v) is 5.70. The summed E-state index contributed by atoms with van der Waals surface area (Å²) in [6.07, 6.45) is 1.90. The second-order valence-electron chi connectivity index (χ2n) is 4.35.